The Balaban J connectivity index is 2.41. The van der Waals surface area contributed by atoms with Gasteiger partial charge in [-0.15, -0.1) is 0 Å². The molecule has 0 atom stereocenters. The third-order valence-corrected chi connectivity index (χ3v) is 4.60. The van der Waals surface area contributed by atoms with Crippen molar-refractivity contribution >= 4 is 15.7 Å². The highest BCUT2D eigenvalue weighted by Crippen LogP contribution is 2.22. The quantitative estimate of drug-likeness (QED) is 0.935. The van der Waals surface area contributed by atoms with E-state index in [1.54, 1.807) is 30.9 Å². The molecular weight excluding hydrogens is 288 g/mol. The molecule has 0 bridgehead atoms. The van der Waals surface area contributed by atoms with Crippen LogP contribution in [0.25, 0.3) is 0 Å². The highest BCUT2D eigenvalue weighted by atomic mass is 32.2. The summed E-state index contributed by atoms with van der Waals surface area (Å²) in [4.78, 5) is 0.160. The highest BCUT2D eigenvalue weighted by molar-refractivity contribution is 7.92. The first kappa shape index (κ1) is 15.1. The molecule has 0 aliphatic rings. The summed E-state index contributed by atoms with van der Waals surface area (Å²) in [6, 6.07) is 6.48. The van der Waals surface area contributed by atoms with Gasteiger partial charge in [-0.3, -0.25) is 9.40 Å². The molecule has 1 aromatic carbocycles. The molecule has 0 saturated heterocycles. The van der Waals surface area contributed by atoms with Gasteiger partial charge in [-0.05, 0) is 37.1 Å². The van der Waals surface area contributed by atoms with Crippen LogP contribution in [0, 0.1) is 18.3 Å². The molecule has 1 heterocycles. The molecule has 2 aromatic rings. The summed E-state index contributed by atoms with van der Waals surface area (Å²) in [5.41, 5.74) is 2.13. The SMILES string of the molecule is CCc1nn(C)cc1NS(=O)(=O)c1ccc(C#N)cc1C. The third kappa shape index (κ3) is 3.06. The first-order valence-corrected chi connectivity index (χ1v) is 7.91. The minimum atomic E-state index is -3.70. The number of anilines is 1. The van der Waals surface area contributed by atoms with Crippen molar-refractivity contribution in [3.05, 3.63) is 41.2 Å². The van der Waals surface area contributed by atoms with Gasteiger partial charge in [0.25, 0.3) is 10.0 Å². The lowest BCUT2D eigenvalue weighted by Crippen LogP contribution is -2.15. The van der Waals surface area contributed by atoms with Gasteiger partial charge < -0.3 is 0 Å². The van der Waals surface area contributed by atoms with Crippen LogP contribution in [0.4, 0.5) is 5.69 Å². The zero-order valence-corrected chi connectivity index (χ0v) is 12.9. The molecule has 0 spiro atoms. The molecule has 1 N–H and O–H groups in total. The molecule has 6 nitrogen and oxygen atoms in total. The van der Waals surface area contributed by atoms with Crippen LogP contribution in [0.1, 0.15) is 23.7 Å². The maximum Gasteiger partial charge on any atom is 0.262 e. The Labute approximate surface area is 124 Å². The summed E-state index contributed by atoms with van der Waals surface area (Å²) in [7, 11) is -1.96. The van der Waals surface area contributed by atoms with Crippen molar-refractivity contribution in [1.29, 1.82) is 5.26 Å². The van der Waals surface area contributed by atoms with E-state index in [0.29, 0.717) is 28.9 Å². The van der Waals surface area contributed by atoms with Crippen LogP contribution in [0.15, 0.2) is 29.3 Å². The van der Waals surface area contributed by atoms with Gasteiger partial charge in [0.05, 0.1) is 27.9 Å². The van der Waals surface area contributed by atoms with Crippen molar-refractivity contribution < 1.29 is 8.42 Å². The molecule has 0 fully saturated rings. The van der Waals surface area contributed by atoms with Crippen LogP contribution in [0.5, 0.6) is 0 Å². The van der Waals surface area contributed by atoms with Gasteiger partial charge >= 0.3 is 0 Å². The molecule has 0 unspecified atom stereocenters. The minimum absolute atomic E-state index is 0.160. The molecule has 0 aliphatic heterocycles. The van der Waals surface area contributed by atoms with Crippen LogP contribution in [0.3, 0.4) is 0 Å². The lowest BCUT2D eigenvalue weighted by atomic mass is 10.2. The van der Waals surface area contributed by atoms with E-state index in [4.69, 9.17) is 5.26 Å². The number of hydrogen-bond donors (Lipinski definition) is 1. The van der Waals surface area contributed by atoms with Crippen LogP contribution in [-0.2, 0) is 23.5 Å². The first-order chi connectivity index (χ1) is 9.87. The molecule has 0 radical (unpaired) electrons. The molecule has 1 aromatic heterocycles. The summed E-state index contributed by atoms with van der Waals surface area (Å²) in [5, 5.41) is 13.0. The summed E-state index contributed by atoms with van der Waals surface area (Å²) in [6.07, 6.45) is 2.26. The molecule has 2 rings (SSSR count). The van der Waals surface area contributed by atoms with Crippen molar-refractivity contribution in [2.45, 2.75) is 25.2 Å². The molecule has 7 heteroatoms. The molecule has 0 saturated carbocycles. The van der Waals surface area contributed by atoms with E-state index in [1.807, 2.05) is 13.0 Å². The van der Waals surface area contributed by atoms with Crippen LogP contribution >= 0.6 is 0 Å². The van der Waals surface area contributed by atoms with Crippen LogP contribution in [0.2, 0.25) is 0 Å². The molecule has 0 aliphatic carbocycles. The van der Waals surface area contributed by atoms with Crippen molar-refractivity contribution in [3.8, 4) is 6.07 Å². The van der Waals surface area contributed by atoms with Crippen molar-refractivity contribution in [1.82, 2.24) is 9.78 Å². The Morgan fingerprint density at radius 3 is 2.71 bits per heavy atom. The average Bonchev–Trinajstić information content (AvgIpc) is 2.77. The fraction of sp³-hybridized carbons (Fsp3) is 0.286. The van der Waals surface area contributed by atoms with Crippen LogP contribution in [-0.4, -0.2) is 18.2 Å². The van der Waals surface area contributed by atoms with Gasteiger partial charge in [-0.25, -0.2) is 8.42 Å². The van der Waals surface area contributed by atoms with Gasteiger partial charge in [0.15, 0.2) is 0 Å². The van der Waals surface area contributed by atoms with E-state index < -0.39 is 10.0 Å². The molecule has 21 heavy (non-hydrogen) atoms. The Bertz CT molecular complexity index is 816. The lowest BCUT2D eigenvalue weighted by molar-refractivity contribution is 0.600. The molecule has 0 amide bonds. The summed E-state index contributed by atoms with van der Waals surface area (Å²) in [5.74, 6) is 0. The number of nitrogens with one attached hydrogen (secondary N) is 1. The highest BCUT2D eigenvalue weighted by Gasteiger charge is 2.19. The number of hydrogen-bond acceptors (Lipinski definition) is 4. The fourth-order valence-electron chi connectivity index (χ4n) is 2.10. The number of nitriles is 1. The normalized spacial score (nSPS) is 11.1. The lowest BCUT2D eigenvalue weighted by Gasteiger charge is -2.10. The number of aryl methyl sites for hydroxylation is 3. The van der Waals surface area contributed by atoms with Gasteiger partial charge in [0, 0.05) is 13.2 Å². The number of sulfonamides is 1. The van der Waals surface area contributed by atoms with E-state index in [0.717, 1.165) is 0 Å². The number of rotatable bonds is 4. The summed E-state index contributed by atoms with van der Waals surface area (Å²) >= 11 is 0. The largest absolute Gasteiger partial charge is 0.276 e. The van der Waals surface area contributed by atoms with E-state index in [9.17, 15) is 8.42 Å². The minimum Gasteiger partial charge on any atom is -0.276 e. The summed E-state index contributed by atoms with van der Waals surface area (Å²) in [6.45, 7) is 3.58. The Morgan fingerprint density at radius 1 is 1.43 bits per heavy atom. The Morgan fingerprint density at radius 2 is 2.14 bits per heavy atom. The Kier molecular flexibility index (Phi) is 4.00. The zero-order chi connectivity index (χ0) is 15.6. The van der Waals surface area contributed by atoms with Gasteiger partial charge in [0.2, 0.25) is 0 Å². The Hall–Kier alpha value is -2.33. The second-order valence-corrected chi connectivity index (χ2v) is 6.37. The third-order valence-electron chi connectivity index (χ3n) is 3.08. The second kappa shape index (κ2) is 5.58. The van der Waals surface area contributed by atoms with Crippen molar-refractivity contribution in [2.75, 3.05) is 4.72 Å². The predicted molar refractivity (Wildman–Crippen MR) is 79.3 cm³/mol. The zero-order valence-electron chi connectivity index (χ0n) is 12.1. The molecule has 110 valence electrons. The van der Waals surface area contributed by atoms with Crippen LogP contribution < -0.4 is 4.72 Å². The molecular formula is C14H16N4O2S. The van der Waals surface area contributed by atoms with E-state index in [1.165, 1.54) is 12.1 Å². The topological polar surface area (TPSA) is 87.8 Å². The number of nitrogens with zero attached hydrogens (tertiary/aromatic N) is 3. The van der Waals surface area contributed by atoms with E-state index >= 15 is 0 Å². The fourth-order valence-corrected chi connectivity index (χ4v) is 3.40. The average molecular weight is 304 g/mol. The maximum atomic E-state index is 12.5. The monoisotopic (exact) mass is 304 g/mol. The number of aromatic nitrogens is 2. The van der Waals surface area contributed by atoms with Gasteiger partial charge in [-0.1, -0.05) is 6.92 Å². The van der Waals surface area contributed by atoms with Gasteiger partial charge in [0.1, 0.15) is 0 Å². The summed E-state index contributed by atoms with van der Waals surface area (Å²) < 4.78 is 29.1. The van der Waals surface area contributed by atoms with Gasteiger partial charge in [-0.2, -0.15) is 10.4 Å². The number of benzene rings is 1. The maximum absolute atomic E-state index is 12.5. The first-order valence-electron chi connectivity index (χ1n) is 6.43. The van der Waals surface area contributed by atoms with Crippen molar-refractivity contribution in [3.63, 3.8) is 0 Å². The second-order valence-electron chi connectivity index (χ2n) is 4.71. The predicted octanol–water partition coefficient (Wildman–Crippen LogP) is 1.96. The van der Waals surface area contributed by atoms with Crippen molar-refractivity contribution in [2.24, 2.45) is 7.05 Å². The smallest absolute Gasteiger partial charge is 0.262 e. The standard InChI is InChI=1S/C14H16N4O2S/c1-4-12-13(9-18(3)16-12)17-21(19,20)14-6-5-11(8-15)7-10(14)2/h5-7,9,17H,4H2,1-3H3. The van der Waals surface area contributed by atoms with E-state index in [-0.39, 0.29) is 4.90 Å². The van der Waals surface area contributed by atoms with E-state index in [2.05, 4.69) is 9.82 Å².